The number of anilines is 1. The van der Waals surface area contributed by atoms with Crippen LogP contribution in [0.25, 0.3) is 5.82 Å². The Morgan fingerprint density at radius 1 is 1.14 bits per heavy atom. The Morgan fingerprint density at radius 3 is 2.43 bits per heavy atom. The summed E-state index contributed by atoms with van der Waals surface area (Å²) in [5.74, 6) is 2.12. The van der Waals surface area contributed by atoms with Crippen LogP contribution in [-0.4, -0.2) is 25.8 Å². The van der Waals surface area contributed by atoms with Gasteiger partial charge in [-0.15, -0.1) is 0 Å². The molecule has 0 aliphatic rings. The lowest BCUT2D eigenvalue weighted by Gasteiger charge is -2.24. The number of nitrogens with one attached hydrogen (secondary N) is 1. The maximum absolute atomic E-state index is 4.43. The molecule has 0 spiro atoms. The Balaban J connectivity index is 2.20. The number of rotatable bonds is 7. The van der Waals surface area contributed by atoms with Crippen molar-refractivity contribution >= 4 is 5.69 Å². The lowest BCUT2D eigenvalue weighted by molar-refractivity contribution is 0.442. The van der Waals surface area contributed by atoms with Crippen LogP contribution in [0, 0.1) is 11.8 Å². The van der Waals surface area contributed by atoms with Crippen LogP contribution in [-0.2, 0) is 0 Å². The number of hydrogen-bond donors (Lipinski definition) is 1. The summed E-state index contributed by atoms with van der Waals surface area (Å²) in [5, 5.41) is 7.83. The van der Waals surface area contributed by atoms with Crippen molar-refractivity contribution < 1.29 is 0 Å². The Kier molecular flexibility index (Phi) is 5.31. The third kappa shape index (κ3) is 4.55. The molecule has 0 saturated carbocycles. The quantitative estimate of drug-likeness (QED) is 0.846. The van der Waals surface area contributed by atoms with Gasteiger partial charge in [0.15, 0.2) is 5.82 Å². The van der Waals surface area contributed by atoms with E-state index in [4.69, 9.17) is 0 Å². The van der Waals surface area contributed by atoms with E-state index < -0.39 is 0 Å². The maximum Gasteiger partial charge on any atom is 0.178 e. The molecule has 1 N–H and O–H groups in total. The number of hydrogen-bond acceptors (Lipinski definition) is 4. The van der Waals surface area contributed by atoms with Gasteiger partial charge in [-0.3, -0.25) is 0 Å². The molecule has 2 rings (SSSR count). The van der Waals surface area contributed by atoms with Gasteiger partial charge in [0.1, 0.15) is 12.7 Å². The summed E-state index contributed by atoms with van der Waals surface area (Å²) in [7, 11) is 0. The SMILES string of the molecule is CC(C)CC(CC(C)C)Nc1cccnc1-n1cncn1. The zero-order chi connectivity index (χ0) is 15.2. The summed E-state index contributed by atoms with van der Waals surface area (Å²) in [6.07, 6.45) is 7.27. The molecule has 5 nitrogen and oxygen atoms in total. The predicted octanol–water partition coefficient (Wildman–Crippen LogP) is 3.54. The maximum atomic E-state index is 4.43. The molecule has 2 heterocycles. The first-order valence-electron chi connectivity index (χ1n) is 7.62. The molecule has 0 aliphatic carbocycles. The lowest BCUT2D eigenvalue weighted by atomic mass is 9.95. The normalized spacial score (nSPS) is 11.6. The Labute approximate surface area is 126 Å². The van der Waals surface area contributed by atoms with Crippen LogP contribution in [0.4, 0.5) is 5.69 Å². The van der Waals surface area contributed by atoms with Crippen molar-refractivity contribution in [3.05, 3.63) is 31.0 Å². The van der Waals surface area contributed by atoms with Crippen LogP contribution in [0.5, 0.6) is 0 Å². The smallest absolute Gasteiger partial charge is 0.178 e. The summed E-state index contributed by atoms with van der Waals surface area (Å²) in [6, 6.07) is 4.44. The van der Waals surface area contributed by atoms with Crippen molar-refractivity contribution in [2.75, 3.05) is 5.32 Å². The molecule has 114 valence electrons. The molecule has 21 heavy (non-hydrogen) atoms. The highest BCUT2D eigenvalue weighted by Crippen LogP contribution is 2.22. The van der Waals surface area contributed by atoms with Crippen LogP contribution in [0.1, 0.15) is 40.5 Å². The van der Waals surface area contributed by atoms with Crippen molar-refractivity contribution in [3.63, 3.8) is 0 Å². The Morgan fingerprint density at radius 2 is 1.86 bits per heavy atom. The Hall–Kier alpha value is -1.91. The summed E-state index contributed by atoms with van der Waals surface area (Å²) in [4.78, 5) is 8.43. The topological polar surface area (TPSA) is 55.6 Å². The van der Waals surface area contributed by atoms with E-state index in [2.05, 4.69) is 54.1 Å². The van der Waals surface area contributed by atoms with Crippen molar-refractivity contribution in [1.29, 1.82) is 0 Å². The summed E-state index contributed by atoms with van der Waals surface area (Å²) in [5.41, 5.74) is 1.01. The van der Waals surface area contributed by atoms with E-state index in [1.54, 1.807) is 17.2 Å². The monoisotopic (exact) mass is 287 g/mol. The van der Waals surface area contributed by atoms with Crippen LogP contribution in [0.2, 0.25) is 0 Å². The highest BCUT2D eigenvalue weighted by molar-refractivity contribution is 5.56. The molecule has 0 aliphatic heterocycles. The molecule has 0 aromatic carbocycles. The molecule has 2 aromatic heterocycles. The van der Waals surface area contributed by atoms with Crippen molar-refractivity contribution in [2.24, 2.45) is 11.8 Å². The highest BCUT2D eigenvalue weighted by atomic mass is 15.3. The molecule has 0 fully saturated rings. The molecule has 0 unspecified atom stereocenters. The standard InChI is InChI=1S/C16H25N5/c1-12(2)8-14(9-13(3)4)20-15-6-5-7-18-16(15)21-11-17-10-19-21/h5-7,10-14,20H,8-9H2,1-4H3. The molecule has 0 bridgehead atoms. The van der Waals surface area contributed by atoms with Gasteiger partial charge in [0.05, 0.1) is 5.69 Å². The van der Waals surface area contributed by atoms with Gasteiger partial charge in [-0.05, 0) is 36.8 Å². The van der Waals surface area contributed by atoms with Gasteiger partial charge in [-0.1, -0.05) is 27.7 Å². The van der Waals surface area contributed by atoms with Crippen LogP contribution in [0.15, 0.2) is 31.0 Å². The molecule has 0 amide bonds. The van der Waals surface area contributed by atoms with Crippen molar-refractivity contribution in [1.82, 2.24) is 19.7 Å². The van der Waals surface area contributed by atoms with Crippen molar-refractivity contribution in [2.45, 2.75) is 46.6 Å². The minimum absolute atomic E-state index is 0.441. The number of aromatic nitrogens is 4. The largest absolute Gasteiger partial charge is 0.379 e. The second-order valence-electron chi connectivity index (χ2n) is 6.31. The predicted molar refractivity (Wildman–Crippen MR) is 85.5 cm³/mol. The van der Waals surface area contributed by atoms with Gasteiger partial charge in [0.2, 0.25) is 0 Å². The fourth-order valence-electron chi connectivity index (χ4n) is 2.58. The van der Waals surface area contributed by atoms with E-state index >= 15 is 0 Å². The number of pyridine rings is 1. The first-order chi connectivity index (χ1) is 10.1. The van der Waals surface area contributed by atoms with E-state index in [0.29, 0.717) is 17.9 Å². The highest BCUT2D eigenvalue weighted by Gasteiger charge is 2.15. The van der Waals surface area contributed by atoms with Gasteiger partial charge in [0.25, 0.3) is 0 Å². The van der Waals surface area contributed by atoms with E-state index in [-0.39, 0.29) is 0 Å². The second-order valence-corrected chi connectivity index (χ2v) is 6.31. The lowest BCUT2D eigenvalue weighted by Crippen LogP contribution is -2.24. The van der Waals surface area contributed by atoms with E-state index in [0.717, 1.165) is 24.3 Å². The fourth-order valence-corrected chi connectivity index (χ4v) is 2.58. The summed E-state index contributed by atoms with van der Waals surface area (Å²) in [6.45, 7) is 9.04. The first-order valence-corrected chi connectivity index (χ1v) is 7.62. The average molecular weight is 287 g/mol. The minimum atomic E-state index is 0.441. The first kappa shape index (κ1) is 15.5. The summed E-state index contributed by atoms with van der Waals surface area (Å²) >= 11 is 0. The zero-order valence-electron chi connectivity index (χ0n) is 13.3. The van der Waals surface area contributed by atoms with Crippen LogP contribution < -0.4 is 5.32 Å². The van der Waals surface area contributed by atoms with Gasteiger partial charge < -0.3 is 5.32 Å². The molecule has 0 radical (unpaired) electrons. The van der Waals surface area contributed by atoms with E-state index in [1.165, 1.54) is 6.33 Å². The third-order valence-electron chi connectivity index (χ3n) is 3.29. The molecule has 0 saturated heterocycles. The molecule has 2 aromatic rings. The van der Waals surface area contributed by atoms with Gasteiger partial charge >= 0.3 is 0 Å². The Bertz CT molecular complexity index is 523. The number of nitrogens with zero attached hydrogens (tertiary/aromatic N) is 4. The second kappa shape index (κ2) is 7.20. The molecule has 5 heteroatoms. The fraction of sp³-hybridized carbons (Fsp3) is 0.562. The zero-order valence-corrected chi connectivity index (χ0v) is 13.3. The van der Waals surface area contributed by atoms with Crippen molar-refractivity contribution in [3.8, 4) is 5.82 Å². The van der Waals surface area contributed by atoms with Gasteiger partial charge in [-0.25, -0.2) is 14.6 Å². The molecular formula is C16H25N5. The van der Waals surface area contributed by atoms with Gasteiger partial charge in [0, 0.05) is 12.2 Å². The minimum Gasteiger partial charge on any atom is -0.379 e. The molecule has 0 atom stereocenters. The van der Waals surface area contributed by atoms with E-state index in [9.17, 15) is 0 Å². The molecular weight excluding hydrogens is 262 g/mol. The third-order valence-corrected chi connectivity index (χ3v) is 3.29. The summed E-state index contributed by atoms with van der Waals surface area (Å²) < 4.78 is 1.70. The van der Waals surface area contributed by atoms with E-state index in [1.807, 2.05) is 6.07 Å². The van der Waals surface area contributed by atoms with Gasteiger partial charge in [-0.2, -0.15) is 5.10 Å². The van der Waals surface area contributed by atoms with Crippen LogP contribution >= 0.6 is 0 Å². The van der Waals surface area contributed by atoms with Crippen LogP contribution in [0.3, 0.4) is 0 Å². The average Bonchev–Trinajstić information content (AvgIpc) is 2.91.